The van der Waals surface area contributed by atoms with Gasteiger partial charge in [-0.15, -0.1) is 0 Å². The van der Waals surface area contributed by atoms with Crippen LogP contribution in [0.4, 0.5) is 26.3 Å². The average Bonchev–Trinajstić information content (AvgIpc) is 1.60. The maximum absolute atomic E-state index is 13.4. The summed E-state index contributed by atoms with van der Waals surface area (Å²) in [5, 5.41) is 34.9. The lowest BCUT2D eigenvalue weighted by Gasteiger charge is -2.40. The van der Waals surface area contributed by atoms with E-state index in [9.17, 15) is 41.7 Å². The molecule has 3 saturated heterocycles. The minimum Gasteiger partial charge on any atom is -0.497 e. The molecule has 94 heavy (non-hydrogen) atoms. The number of halogens is 7. The first-order valence-electron chi connectivity index (χ1n) is 33.4. The van der Waals surface area contributed by atoms with Crippen LogP contribution in [0.25, 0.3) is 33.1 Å². The fraction of sp³-hybridized carbons (Fsp3) is 0.473. The zero-order valence-corrected chi connectivity index (χ0v) is 54.8. The summed E-state index contributed by atoms with van der Waals surface area (Å²) < 4.78 is 91.0. The minimum atomic E-state index is -4.42. The van der Waals surface area contributed by atoms with Gasteiger partial charge in [0.05, 0.1) is 82.5 Å². The highest BCUT2D eigenvalue weighted by molar-refractivity contribution is 6.30. The van der Waals surface area contributed by atoms with E-state index in [1.54, 1.807) is 32.2 Å². The van der Waals surface area contributed by atoms with E-state index < -0.39 is 48.6 Å². The number of rotatable bonds is 13. The second kappa shape index (κ2) is 26.6. The molecule has 3 aromatic carbocycles. The summed E-state index contributed by atoms with van der Waals surface area (Å²) in [7, 11) is 1.64. The lowest BCUT2D eigenvalue weighted by atomic mass is 9.90. The van der Waals surface area contributed by atoms with Crippen molar-refractivity contribution in [2.24, 2.45) is 0 Å². The Morgan fingerprint density at radius 1 is 0.436 bits per heavy atom. The van der Waals surface area contributed by atoms with Crippen molar-refractivity contribution in [1.29, 1.82) is 0 Å². The van der Waals surface area contributed by atoms with Crippen LogP contribution in [-0.2, 0) is 81.9 Å². The predicted octanol–water partition coefficient (Wildman–Crippen LogP) is 15.2. The molecule has 15 rings (SSSR count). The molecule has 0 amide bonds. The number of alkyl halides is 6. The van der Waals surface area contributed by atoms with E-state index in [1.165, 1.54) is 60.3 Å². The molecule has 0 aliphatic carbocycles. The Balaban J connectivity index is 0.000000128. The molecule has 3 N–H and O–H groups in total. The van der Waals surface area contributed by atoms with Crippen LogP contribution in [0.3, 0.4) is 0 Å². The fourth-order valence-electron chi connectivity index (χ4n) is 16.1. The third-order valence-corrected chi connectivity index (χ3v) is 21.2. The maximum atomic E-state index is 13.4. The van der Waals surface area contributed by atoms with Gasteiger partial charge in [-0.3, -0.25) is 14.7 Å². The van der Waals surface area contributed by atoms with Crippen LogP contribution in [0.1, 0.15) is 170 Å². The summed E-state index contributed by atoms with van der Waals surface area (Å²) in [6, 6.07) is 31.5. The summed E-state index contributed by atoms with van der Waals surface area (Å²) >= 11 is 6.04. The minimum absolute atomic E-state index is 0.174. The van der Waals surface area contributed by atoms with Gasteiger partial charge in [-0.2, -0.15) is 13.2 Å². The lowest BCUT2D eigenvalue weighted by molar-refractivity contribution is -0.137. The van der Waals surface area contributed by atoms with E-state index in [0.717, 1.165) is 164 Å². The van der Waals surface area contributed by atoms with Crippen LogP contribution >= 0.6 is 11.6 Å². The van der Waals surface area contributed by atoms with Crippen LogP contribution in [0, 0.1) is 0 Å². The SMILES string of the molecule is CC(O)(Cn1c2c(c3nc(CF)ccc31)C1CCCCN1CC2)c1ccc(C(F)(F)F)cc1.CC(O)(Cn1c2c(c3nc(CF)ccc31)C1CCCCN1CC2)c1ccc(Cl)cc1.COc1ccc(C(C)(O)Cn2c3c(c4nc(CF)ccc42)C2CCCCN2CC3)cc1. The summed E-state index contributed by atoms with van der Waals surface area (Å²) in [6.07, 6.45) is 8.62. The number of piperidine rings is 3. The molecule has 6 unspecified atom stereocenters. The van der Waals surface area contributed by atoms with Crippen molar-refractivity contribution in [3.63, 3.8) is 0 Å². The molecule has 9 aromatic rings. The van der Waals surface area contributed by atoms with Gasteiger partial charge in [-0.05, 0) is 168 Å². The second-order valence-corrected chi connectivity index (χ2v) is 27.7. The standard InChI is InChI=1S/C25H27F4N3O.C25H30FN3O2.C24H27ClFN3O/c1-24(33,16-5-7-17(8-6-16)25(27,28)29)15-32-20-11-13-31-12-3-2-4-19(31)22(20)23-21(32)10-9-18(14-26)30-23;1-25(30,17-6-9-19(31-2)10-7-17)16-29-21-12-14-28-13-4-3-5-20(28)23(21)24-22(29)11-8-18(15-26)27-24;1-24(30,16-5-7-17(25)8-6-16)15-29-20-11-13-28-12-3-2-4-19(28)22(20)23-21(29)10-9-18(14-26)27-23/h5-10,19,33H,2-4,11-15H2,1H3;6-11,20,30H,3-5,12-16H2,1-2H3;5-10,19,30H,2-4,11-15H2,1H3. The van der Waals surface area contributed by atoms with Crippen molar-refractivity contribution < 1.29 is 46.4 Å². The zero-order valence-electron chi connectivity index (χ0n) is 54.0. The molecule has 0 bridgehead atoms. The topological polar surface area (TPSA) is 133 Å². The molecule has 20 heteroatoms. The van der Waals surface area contributed by atoms with Gasteiger partial charge in [0.25, 0.3) is 0 Å². The van der Waals surface area contributed by atoms with Crippen LogP contribution in [-0.4, -0.2) is 105 Å². The molecule has 12 heterocycles. The Labute approximate surface area is 550 Å². The third kappa shape index (κ3) is 12.8. The number of hydrogen-bond donors (Lipinski definition) is 3. The van der Waals surface area contributed by atoms with Gasteiger partial charge in [0.1, 0.15) is 42.6 Å². The van der Waals surface area contributed by atoms with Crippen LogP contribution in [0.15, 0.2) is 109 Å². The molecular formula is C74H84ClF6N9O4. The molecule has 13 nitrogen and oxygen atoms in total. The van der Waals surface area contributed by atoms with Crippen molar-refractivity contribution in [1.82, 2.24) is 43.4 Å². The Hall–Kier alpha value is -6.84. The van der Waals surface area contributed by atoms with Crippen LogP contribution in [0.2, 0.25) is 5.02 Å². The van der Waals surface area contributed by atoms with Gasteiger partial charge < -0.3 is 33.8 Å². The highest BCUT2D eigenvalue weighted by atomic mass is 35.5. The van der Waals surface area contributed by atoms with E-state index in [1.807, 2.05) is 85.1 Å². The number of fused-ring (bicyclic) bond motifs is 15. The smallest absolute Gasteiger partial charge is 0.416 e. The number of pyridine rings is 3. The largest absolute Gasteiger partial charge is 0.497 e. The van der Waals surface area contributed by atoms with Gasteiger partial charge in [0.2, 0.25) is 0 Å². The second-order valence-electron chi connectivity index (χ2n) is 27.3. The van der Waals surface area contributed by atoms with Gasteiger partial charge >= 0.3 is 6.18 Å². The Morgan fingerprint density at radius 3 is 1.05 bits per heavy atom. The first kappa shape index (κ1) is 65.8. The Bertz CT molecular complexity index is 4180. The lowest BCUT2D eigenvalue weighted by Crippen LogP contribution is -2.39. The summed E-state index contributed by atoms with van der Waals surface area (Å²) in [4.78, 5) is 21.6. The normalized spacial score (nSPS) is 21.0. The maximum Gasteiger partial charge on any atom is 0.416 e. The van der Waals surface area contributed by atoms with Gasteiger partial charge in [-0.25, -0.2) is 28.1 Å². The Kier molecular flexibility index (Phi) is 18.6. The monoisotopic (exact) mass is 1310 g/mol. The van der Waals surface area contributed by atoms with Crippen molar-refractivity contribution >= 4 is 44.7 Å². The van der Waals surface area contributed by atoms with Crippen molar-refractivity contribution in [3.05, 3.63) is 187 Å². The molecule has 6 aromatic heterocycles. The molecule has 6 aliphatic heterocycles. The number of ether oxygens (including phenoxy) is 1. The average molecular weight is 1310 g/mol. The van der Waals surface area contributed by atoms with Gasteiger partial charge in [0, 0.05) is 95.8 Å². The molecule has 0 radical (unpaired) electrons. The molecule has 0 saturated carbocycles. The Morgan fingerprint density at radius 2 is 0.745 bits per heavy atom. The number of hydrogen-bond acceptors (Lipinski definition) is 10. The zero-order chi connectivity index (χ0) is 65.8. The van der Waals surface area contributed by atoms with E-state index in [0.29, 0.717) is 52.8 Å². The number of aliphatic hydroxyl groups is 3. The first-order valence-corrected chi connectivity index (χ1v) is 33.7. The van der Waals surface area contributed by atoms with E-state index in [4.69, 9.17) is 26.3 Å². The van der Waals surface area contributed by atoms with E-state index in [2.05, 4.69) is 28.8 Å². The van der Waals surface area contributed by atoms with Crippen molar-refractivity contribution in [3.8, 4) is 5.75 Å². The number of nitrogens with zero attached hydrogens (tertiary/aromatic N) is 9. The molecule has 0 spiro atoms. The third-order valence-electron chi connectivity index (χ3n) is 20.9. The van der Waals surface area contributed by atoms with Gasteiger partial charge in [0.15, 0.2) is 0 Å². The van der Waals surface area contributed by atoms with Crippen molar-refractivity contribution in [2.75, 3.05) is 46.4 Å². The van der Waals surface area contributed by atoms with E-state index in [-0.39, 0.29) is 12.6 Å². The van der Waals surface area contributed by atoms with Gasteiger partial charge in [-0.1, -0.05) is 67.3 Å². The van der Waals surface area contributed by atoms with Crippen LogP contribution in [0.5, 0.6) is 5.75 Å². The highest BCUT2D eigenvalue weighted by Crippen LogP contribution is 2.47. The predicted molar refractivity (Wildman–Crippen MR) is 354 cm³/mol. The van der Waals surface area contributed by atoms with Crippen molar-refractivity contribution in [2.45, 2.75) is 179 Å². The fourth-order valence-corrected chi connectivity index (χ4v) is 16.2. The highest BCUT2D eigenvalue weighted by Gasteiger charge is 2.41. The van der Waals surface area contributed by atoms with Crippen LogP contribution < -0.4 is 4.74 Å². The number of benzene rings is 3. The molecule has 3 fully saturated rings. The first-order chi connectivity index (χ1) is 45.2. The number of aromatic nitrogens is 6. The summed E-state index contributed by atoms with van der Waals surface area (Å²) in [5.41, 5.74) is 11.7. The summed E-state index contributed by atoms with van der Waals surface area (Å²) in [5.74, 6) is 0.767. The molecule has 6 aliphatic rings. The summed E-state index contributed by atoms with van der Waals surface area (Å²) in [6.45, 7) is 10.8. The molecule has 6 atom stereocenters. The molecular weight excluding hydrogens is 1230 g/mol. The number of methoxy groups -OCH3 is 1. The van der Waals surface area contributed by atoms with E-state index >= 15 is 0 Å². The molecule has 498 valence electrons. The quantitative estimate of drug-likeness (QED) is 0.0959.